The van der Waals surface area contributed by atoms with Crippen molar-refractivity contribution in [1.82, 2.24) is 9.55 Å². The molecule has 1 aromatic rings. The first-order valence-electron chi connectivity index (χ1n) is 10.8. The lowest BCUT2D eigenvalue weighted by Crippen LogP contribution is -2.44. The van der Waals surface area contributed by atoms with Crippen molar-refractivity contribution in [3.05, 3.63) is 33.1 Å². The molecule has 2 saturated heterocycles. The first kappa shape index (κ1) is 25.3. The summed E-state index contributed by atoms with van der Waals surface area (Å²) in [6.07, 6.45) is 2.60. The SMILES string of the molecule is C#C[C@@]1(C)[C@H](n2ccc(=O)[nH]c2=O)O[C@@H]2C3O[P@@](=O)(OCC[C@H](OC(C)=O)C(=O)OC(C)C)O[C@]321. The van der Waals surface area contributed by atoms with Crippen LogP contribution in [0.5, 0.6) is 0 Å². The molecule has 1 spiro atoms. The van der Waals surface area contributed by atoms with Crippen LogP contribution >= 0.6 is 7.82 Å². The maximum atomic E-state index is 13.2. The molecule has 1 aliphatic carbocycles. The average Bonchev–Trinajstić information content (AvgIpc) is 3.06. The van der Waals surface area contributed by atoms with Crippen molar-refractivity contribution in [2.24, 2.45) is 5.41 Å². The van der Waals surface area contributed by atoms with Crippen LogP contribution in [0.25, 0.3) is 0 Å². The molecule has 190 valence electrons. The summed E-state index contributed by atoms with van der Waals surface area (Å²) in [5.74, 6) is 1.10. The van der Waals surface area contributed by atoms with Gasteiger partial charge in [-0.05, 0) is 20.8 Å². The number of carbonyl (C=O) groups is 2. The second-order valence-electron chi connectivity index (χ2n) is 8.84. The Morgan fingerprint density at radius 3 is 2.63 bits per heavy atom. The standard InChI is InChI=1S/C21H25N2O11P/c1-6-20(5)18(23-9-7-14(25)22-19(23)27)32-15-16-21(15,20)34-35(28,33-16)29-10-8-13(31-12(4)24)17(26)30-11(2)3/h1,7,9,11,13,15-16,18H,8,10H2,2-5H3,(H,22,25,27)/t13-,15+,16?,18+,20-,21-,35+/m0/s1. The lowest BCUT2D eigenvalue weighted by molar-refractivity contribution is -0.170. The van der Waals surface area contributed by atoms with Gasteiger partial charge >= 0.3 is 25.5 Å². The first-order valence-corrected chi connectivity index (χ1v) is 12.3. The summed E-state index contributed by atoms with van der Waals surface area (Å²) in [7, 11) is -4.15. The lowest BCUT2D eigenvalue weighted by Gasteiger charge is -2.32. The number of aromatic nitrogens is 2. The maximum Gasteiger partial charge on any atom is 0.476 e. The number of terminal acetylenes is 1. The molecule has 7 atom stereocenters. The van der Waals surface area contributed by atoms with Gasteiger partial charge < -0.3 is 14.2 Å². The molecule has 3 fully saturated rings. The summed E-state index contributed by atoms with van der Waals surface area (Å²) >= 11 is 0. The summed E-state index contributed by atoms with van der Waals surface area (Å²) in [6, 6.07) is 1.14. The van der Waals surface area contributed by atoms with Gasteiger partial charge in [-0.15, -0.1) is 6.42 Å². The van der Waals surface area contributed by atoms with Gasteiger partial charge in [0.2, 0.25) is 6.10 Å². The maximum absolute atomic E-state index is 13.2. The molecule has 4 rings (SSSR count). The second kappa shape index (κ2) is 8.72. The van der Waals surface area contributed by atoms with Gasteiger partial charge in [-0.25, -0.2) is 14.2 Å². The van der Waals surface area contributed by atoms with Crippen molar-refractivity contribution < 1.29 is 41.9 Å². The van der Waals surface area contributed by atoms with Crippen molar-refractivity contribution >= 4 is 19.8 Å². The molecule has 1 N–H and O–H groups in total. The van der Waals surface area contributed by atoms with E-state index in [2.05, 4.69) is 10.9 Å². The van der Waals surface area contributed by atoms with Crippen LogP contribution in [0.15, 0.2) is 21.9 Å². The second-order valence-corrected chi connectivity index (χ2v) is 10.4. The molecule has 13 nitrogen and oxygen atoms in total. The Balaban J connectivity index is 1.46. The number of hydrogen-bond acceptors (Lipinski definition) is 11. The van der Waals surface area contributed by atoms with Gasteiger partial charge in [0.05, 0.1) is 12.7 Å². The number of phosphoric acid groups is 1. The Morgan fingerprint density at radius 1 is 1.31 bits per heavy atom. The summed E-state index contributed by atoms with van der Waals surface area (Å²) in [5.41, 5.74) is -4.00. The third-order valence-electron chi connectivity index (χ3n) is 6.05. The Morgan fingerprint density at radius 2 is 2.03 bits per heavy atom. The van der Waals surface area contributed by atoms with E-state index in [4.69, 9.17) is 34.2 Å². The molecule has 0 amide bonds. The highest BCUT2D eigenvalue weighted by Gasteiger charge is 2.90. The van der Waals surface area contributed by atoms with Gasteiger partial charge in [-0.2, -0.15) is 0 Å². The van der Waals surface area contributed by atoms with E-state index in [-0.39, 0.29) is 13.0 Å². The molecule has 35 heavy (non-hydrogen) atoms. The fraction of sp³-hybridized carbons (Fsp3) is 0.619. The minimum atomic E-state index is -4.15. The van der Waals surface area contributed by atoms with Crippen molar-refractivity contribution in [3.63, 3.8) is 0 Å². The Hall–Kier alpha value is -2.75. The fourth-order valence-corrected chi connectivity index (χ4v) is 6.21. The molecule has 0 aromatic carbocycles. The molecular formula is C21H25N2O11P. The average molecular weight is 512 g/mol. The summed E-state index contributed by atoms with van der Waals surface area (Å²) < 4.78 is 46.9. The largest absolute Gasteiger partial charge is 0.476 e. The number of H-pyrrole nitrogens is 1. The van der Waals surface area contributed by atoms with Crippen LogP contribution in [0.4, 0.5) is 0 Å². The molecule has 1 aromatic heterocycles. The molecule has 0 radical (unpaired) electrons. The number of phosphoric ester groups is 1. The predicted molar refractivity (Wildman–Crippen MR) is 116 cm³/mol. The van der Waals surface area contributed by atoms with E-state index < -0.39 is 72.7 Å². The van der Waals surface area contributed by atoms with Crippen LogP contribution in [-0.4, -0.2) is 58.1 Å². The minimum Gasteiger partial charge on any atom is -0.460 e. The predicted octanol–water partition coefficient (Wildman–Crippen LogP) is 0.639. The van der Waals surface area contributed by atoms with Crippen LogP contribution in [0, 0.1) is 17.8 Å². The van der Waals surface area contributed by atoms with Crippen LogP contribution < -0.4 is 11.2 Å². The zero-order valence-electron chi connectivity index (χ0n) is 19.4. The van der Waals surface area contributed by atoms with E-state index in [0.717, 1.165) is 17.6 Å². The zero-order chi connectivity index (χ0) is 25.8. The number of nitrogens with zero attached hydrogens (tertiary/aromatic N) is 1. The molecule has 2 aliphatic heterocycles. The number of ether oxygens (including phenoxy) is 3. The van der Waals surface area contributed by atoms with Crippen molar-refractivity contribution in [3.8, 4) is 12.3 Å². The summed E-state index contributed by atoms with van der Waals surface area (Å²) in [6.45, 7) is 5.68. The minimum absolute atomic E-state index is 0.165. The first-order chi connectivity index (χ1) is 16.4. The number of hydrogen-bond donors (Lipinski definition) is 1. The lowest BCUT2D eigenvalue weighted by atomic mass is 9.81. The number of esters is 2. The van der Waals surface area contributed by atoms with E-state index in [0.29, 0.717) is 0 Å². The number of rotatable bonds is 8. The topological polar surface area (TPSA) is 161 Å². The normalized spacial score (nSPS) is 35.6. The Bertz CT molecular complexity index is 1250. The highest BCUT2D eigenvalue weighted by molar-refractivity contribution is 7.48. The monoisotopic (exact) mass is 512 g/mol. The van der Waals surface area contributed by atoms with Gasteiger partial charge in [0.1, 0.15) is 17.6 Å². The van der Waals surface area contributed by atoms with Crippen LogP contribution in [-0.2, 0) is 41.9 Å². The van der Waals surface area contributed by atoms with Gasteiger partial charge in [0, 0.05) is 25.6 Å². The van der Waals surface area contributed by atoms with Crippen LogP contribution in [0.2, 0.25) is 0 Å². The smallest absolute Gasteiger partial charge is 0.460 e. The van der Waals surface area contributed by atoms with Gasteiger partial charge in [-0.1, -0.05) is 5.92 Å². The summed E-state index contributed by atoms with van der Waals surface area (Å²) in [4.78, 5) is 49.4. The van der Waals surface area contributed by atoms with Gasteiger partial charge in [0.15, 0.2) is 11.8 Å². The van der Waals surface area contributed by atoms with Crippen molar-refractivity contribution in [1.29, 1.82) is 0 Å². The van der Waals surface area contributed by atoms with Gasteiger partial charge in [-0.3, -0.25) is 32.7 Å². The molecule has 3 heterocycles. The third-order valence-corrected chi connectivity index (χ3v) is 7.56. The van der Waals surface area contributed by atoms with Crippen LogP contribution in [0.3, 0.4) is 0 Å². The van der Waals surface area contributed by atoms with Crippen LogP contribution in [0.1, 0.15) is 40.3 Å². The highest BCUT2D eigenvalue weighted by atomic mass is 31.2. The number of carbonyl (C=O) groups excluding carboxylic acids is 2. The number of fused-ring (bicyclic) bond motifs is 1. The molecule has 1 unspecified atom stereocenters. The Kier molecular flexibility index (Phi) is 6.32. The fourth-order valence-electron chi connectivity index (χ4n) is 4.42. The third kappa shape index (κ3) is 4.15. The molecule has 1 saturated carbocycles. The zero-order valence-corrected chi connectivity index (χ0v) is 20.3. The Labute approximate surface area is 199 Å². The molecule has 3 aliphatic rings. The van der Waals surface area contributed by atoms with Gasteiger partial charge in [0.25, 0.3) is 5.56 Å². The van der Waals surface area contributed by atoms with E-state index in [9.17, 15) is 23.7 Å². The van der Waals surface area contributed by atoms with Crippen molar-refractivity contribution in [2.75, 3.05) is 6.61 Å². The van der Waals surface area contributed by atoms with E-state index in [1.807, 2.05) is 0 Å². The molecular weight excluding hydrogens is 487 g/mol. The molecule has 0 bridgehead atoms. The molecule has 14 heteroatoms. The quantitative estimate of drug-likeness (QED) is 0.296. The van der Waals surface area contributed by atoms with E-state index >= 15 is 0 Å². The number of aromatic amines is 1. The van der Waals surface area contributed by atoms with E-state index in [1.165, 1.54) is 6.20 Å². The van der Waals surface area contributed by atoms with Crippen molar-refractivity contribution in [2.45, 2.75) is 70.4 Å². The van der Waals surface area contributed by atoms with E-state index in [1.54, 1.807) is 20.8 Å². The highest BCUT2D eigenvalue weighted by Crippen LogP contribution is 2.79. The number of nitrogens with one attached hydrogen (secondary N) is 1. The summed E-state index contributed by atoms with van der Waals surface area (Å²) in [5, 5.41) is 0.